The van der Waals surface area contributed by atoms with Gasteiger partial charge in [0.2, 0.25) is 0 Å². The Kier molecular flexibility index (Phi) is 5.85. The molecule has 2 bridgehead atoms. The third-order valence-electron chi connectivity index (χ3n) is 6.77. The van der Waals surface area contributed by atoms with Crippen molar-refractivity contribution in [1.82, 2.24) is 15.0 Å². The van der Waals surface area contributed by atoms with Gasteiger partial charge in [0.1, 0.15) is 17.0 Å². The number of hydrogen-bond acceptors (Lipinski definition) is 6. The van der Waals surface area contributed by atoms with Crippen molar-refractivity contribution in [3.63, 3.8) is 0 Å². The second-order valence-electron chi connectivity index (χ2n) is 8.91. The summed E-state index contributed by atoms with van der Waals surface area (Å²) in [5.41, 5.74) is 1.97. The van der Waals surface area contributed by atoms with E-state index in [0.29, 0.717) is 41.5 Å². The van der Waals surface area contributed by atoms with Gasteiger partial charge in [0.05, 0.1) is 18.2 Å². The van der Waals surface area contributed by atoms with Gasteiger partial charge in [0.15, 0.2) is 0 Å². The van der Waals surface area contributed by atoms with Crippen LogP contribution in [0.2, 0.25) is 0 Å². The molecule has 1 aromatic carbocycles. The molecule has 1 aromatic heterocycles. The minimum Gasteiger partial charge on any atom is -0.483 e. The first-order valence-electron chi connectivity index (χ1n) is 10.6. The fourth-order valence-corrected chi connectivity index (χ4v) is 5.59. The molecule has 3 fully saturated rings. The molecule has 166 valence electrons. The molecule has 8 heteroatoms. The Balaban J connectivity index is 0.000000730. The highest BCUT2D eigenvalue weighted by Gasteiger charge is 2.63. The number of ether oxygens (including phenoxy) is 1. The first kappa shape index (κ1) is 21.5. The lowest BCUT2D eigenvalue weighted by Gasteiger charge is -2.30. The fraction of sp³-hybridized carbons (Fsp3) is 0.522. The highest BCUT2D eigenvalue weighted by atomic mass is 16.5. The molecule has 5 rings (SSSR count). The second-order valence-corrected chi connectivity index (χ2v) is 8.91. The van der Waals surface area contributed by atoms with E-state index in [2.05, 4.69) is 24.2 Å². The highest BCUT2D eigenvalue weighted by molar-refractivity contribution is 6.01. The third-order valence-corrected chi connectivity index (χ3v) is 6.77. The molecule has 3 aliphatic heterocycles. The summed E-state index contributed by atoms with van der Waals surface area (Å²) in [6, 6.07) is 9.78. The van der Waals surface area contributed by atoms with Gasteiger partial charge in [-0.25, -0.2) is 0 Å². The molecule has 0 radical (unpaired) electrons. The van der Waals surface area contributed by atoms with Crippen molar-refractivity contribution in [1.29, 1.82) is 0 Å². The summed E-state index contributed by atoms with van der Waals surface area (Å²) in [6.45, 7) is 4.02. The van der Waals surface area contributed by atoms with Gasteiger partial charge in [-0.15, -0.1) is 0 Å². The molecular weight excluding hydrogens is 398 g/mol. The minimum atomic E-state index is -0.250. The summed E-state index contributed by atoms with van der Waals surface area (Å²) in [5, 5.41) is 11.1. The smallest absolute Gasteiger partial charge is 0.290 e. The van der Waals surface area contributed by atoms with Crippen molar-refractivity contribution < 1.29 is 24.0 Å². The molecule has 31 heavy (non-hydrogen) atoms. The van der Waals surface area contributed by atoms with Crippen molar-refractivity contribution in [3.05, 3.63) is 41.7 Å². The quantitative estimate of drug-likeness (QED) is 0.749. The molecule has 1 N–H and O–H groups in total. The van der Waals surface area contributed by atoms with Gasteiger partial charge in [-0.1, -0.05) is 35.5 Å². The van der Waals surface area contributed by atoms with Crippen LogP contribution < -0.4 is 0 Å². The normalized spacial score (nSPS) is 28.4. The van der Waals surface area contributed by atoms with Crippen molar-refractivity contribution in [2.75, 3.05) is 33.7 Å². The lowest BCUT2D eigenvalue weighted by Crippen LogP contribution is -2.40. The topological polar surface area (TPSA) is 96.1 Å². The first-order chi connectivity index (χ1) is 14.9. The Hall–Kier alpha value is -2.71. The Labute approximate surface area is 181 Å². The first-order valence-corrected chi connectivity index (χ1v) is 10.6. The predicted octanol–water partition coefficient (Wildman–Crippen LogP) is 2.53. The maximum Gasteiger partial charge on any atom is 0.290 e. The molecule has 3 saturated heterocycles. The monoisotopic (exact) mass is 427 g/mol. The van der Waals surface area contributed by atoms with Crippen LogP contribution in [-0.2, 0) is 9.53 Å². The van der Waals surface area contributed by atoms with E-state index < -0.39 is 0 Å². The van der Waals surface area contributed by atoms with E-state index in [4.69, 9.17) is 19.2 Å². The molecule has 0 saturated carbocycles. The van der Waals surface area contributed by atoms with Crippen LogP contribution in [0, 0.1) is 18.8 Å². The van der Waals surface area contributed by atoms with Crippen molar-refractivity contribution >= 4 is 12.4 Å². The maximum atomic E-state index is 13.5. The maximum absolute atomic E-state index is 13.5. The van der Waals surface area contributed by atoms with Crippen LogP contribution in [0.15, 0.2) is 34.9 Å². The number of aromatic nitrogens is 1. The van der Waals surface area contributed by atoms with Gasteiger partial charge >= 0.3 is 0 Å². The molecule has 3 aliphatic rings. The van der Waals surface area contributed by atoms with Crippen LogP contribution in [0.3, 0.4) is 0 Å². The minimum absolute atomic E-state index is 0.0111. The molecule has 0 aliphatic carbocycles. The van der Waals surface area contributed by atoms with Crippen molar-refractivity contribution in [3.8, 4) is 11.3 Å². The SMILES string of the molecule is Cc1onc(-c2ccccc2)c1C(=O)N1C[C@H]2[C@@H](CN(C)C)[C@@H]3CC[C@@]2(C1)O3.O=CO. The van der Waals surface area contributed by atoms with Crippen LogP contribution in [-0.4, -0.2) is 77.9 Å². The van der Waals surface area contributed by atoms with Crippen molar-refractivity contribution in [2.24, 2.45) is 11.8 Å². The summed E-state index contributed by atoms with van der Waals surface area (Å²) < 4.78 is 11.9. The zero-order valence-electron chi connectivity index (χ0n) is 18.2. The van der Waals surface area contributed by atoms with Crippen LogP contribution >= 0.6 is 0 Å². The van der Waals surface area contributed by atoms with E-state index in [1.165, 1.54) is 0 Å². The van der Waals surface area contributed by atoms with Gasteiger partial charge < -0.3 is 24.2 Å². The summed E-state index contributed by atoms with van der Waals surface area (Å²) >= 11 is 0. The lowest BCUT2D eigenvalue weighted by molar-refractivity contribution is -0.122. The Morgan fingerprint density at radius 1 is 1.35 bits per heavy atom. The highest BCUT2D eigenvalue weighted by Crippen LogP contribution is 2.55. The number of carboxylic acid groups (broad SMARTS) is 1. The van der Waals surface area contributed by atoms with E-state index in [1.807, 2.05) is 42.2 Å². The number of likely N-dealkylation sites (tertiary alicyclic amines) is 1. The largest absolute Gasteiger partial charge is 0.483 e. The van der Waals surface area contributed by atoms with E-state index in [0.717, 1.165) is 31.5 Å². The van der Waals surface area contributed by atoms with Crippen LogP contribution in [0.5, 0.6) is 0 Å². The number of rotatable bonds is 4. The standard InChI is InChI=1S/C22H27N3O3.CH2O2/c1-14-19(20(23-28-14)15-7-5-4-6-8-15)21(26)25-12-17-16(11-24(2)3)18-9-10-22(17,13-25)27-18;2-1-3/h4-8,16-18H,9-13H2,1-3H3;1H,(H,2,3)/t16-,17+,18+,22+;/m1./s1. The Morgan fingerprint density at radius 2 is 2.06 bits per heavy atom. The van der Waals surface area contributed by atoms with Gasteiger partial charge in [-0.3, -0.25) is 9.59 Å². The van der Waals surface area contributed by atoms with Gasteiger partial charge in [-0.2, -0.15) is 0 Å². The third kappa shape index (κ3) is 3.74. The number of carbonyl (C=O) groups is 2. The number of nitrogens with zero attached hydrogens (tertiary/aromatic N) is 3. The molecule has 1 spiro atoms. The number of hydrogen-bond donors (Lipinski definition) is 1. The molecule has 4 atom stereocenters. The summed E-state index contributed by atoms with van der Waals surface area (Å²) in [4.78, 5) is 26.1. The summed E-state index contributed by atoms with van der Waals surface area (Å²) in [7, 11) is 4.23. The summed E-state index contributed by atoms with van der Waals surface area (Å²) in [5.74, 6) is 1.50. The molecule has 8 nitrogen and oxygen atoms in total. The Morgan fingerprint density at radius 3 is 2.74 bits per heavy atom. The number of amides is 1. The van der Waals surface area contributed by atoms with Crippen LogP contribution in [0.1, 0.15) is 29.0 Å². The fourth-order valence-electron chi connectivity index (χ4n) is 5.59. The number of fused-ring (bicyclic) bond motifs is 1. The van der Waals surface area contributed by atoms with E-state index in [1.54, 1.807) is 0 Å². The van der Waals surface area contributed by atoms with Crippen molar-refractivity contribution in [2.45, 2.75) is 31.5 Å². The summed E-state index contributed by atoms with van der Waals surface area (Å²) in [6.07, 6.45) is 2.52. The molecular formula is C23H29N3O5. The van der Waals surface area contributed by atoms with Crippen LogP contribution in [0.25, 0.3) is 11.3 Å². The predicted molar refractivity (Wildman–Crippen MR) is 114 cm³/mol. The number of benzene rings is 1. The zero-order chi connectivity index (χ0) is 22.2. The number of aryl methyl sites for hydroxylation is 1. The van der Waals surface area contributed by atoms with E-state index >= 15 is 0 Å². The van der Waals surface area contributed by atoms with E-state index in [-0.39, 0.29) is 18.0 Å². The van der Waals surface area contributed by atoms with Gasteiger partial charge in [-0.05, 0) is 33.9 Å². The van der Waals surface area contributed by atoms with Gasteiger partial charge in [0.25, 0.3) is 12.4 Å². The average molecular weight is 428 g/mol. The molecule has 2 aromatic rings. The molecule has 4 heterocycles. The van der Waals surface area contributed by atoms with E-state index in [9.17, 15) is 4.79 Å². The molecule has 1 amide bonds. The zero-order valence-corrected chi connectivity index (χ0v) is 18.2. The Bertz CT molecular complexity index is 944. The second kappa shape index (κ2) is 8.43. The lowest BCUT2D eigenvalue weighted by atomic mass is 9.73. The van der Waals surface area contributed by atoms with Gasteiger partial charge in [0, 0.05) is 30.5 Å². The number of carbonyl (C=O) groups excluding carboxylic acids is 1. The van der Waals surface area contributed by atoms with Crippen LogP contribution in [0.4, 0.5) is 0 Å². The molecule has 0 unspecified atom stereocenters. The average Bonchev–Trinajstić information content (AvgIpc) is 3.49.